The maximum atomic E-state index is 12.7. The van der Waals surface area contributed by atoms with Crippen molar-refractivity contribution in [3.63, 3.8) is 0 Å². The minimum absolute atomic E-state index is 0.107. The number of rotatable bonds is 4. The molecule has 1 fully saturated rings. The SMILES string of the molecule is COc1ccc2nc(NC(=O)c3ccc4c(c3)[nH]c(=O)n4C3CCCC3)sc2c1. The van der Waals surface area contributed by atoms with E-state index in [-0.39, 0.29) is 17.6 Å². The highest BCUT2D eigenvalue weighted by Crippen LogP contribution is 2.31. The van der Waals surface area contributed by atoms with Crippen molar-refractivity contribution < 1.29 is 9.53 Å². The van der Waals surface area contributed by atoms with Gasteiger partial charge in [0.25, 0.3) is 5.91 Å². The van der Waals surface area contributed by atoms with Gasteiger partial charge in [0.15, 0.2) is 5.13 Å². The zero-order chi connectivity index (χ0) is 20.0. The van der Waals surface area contributed by atoms with Crippen LogP contribution in [-0.2, 0) is 0 Å². The van der Waals surface area contributed by atoms with Gasteiger partial charge in [-0.2, -0.15) is 0 Å². The summed E-state index contributed by atoms with van der Waals surface area (Å²) >= 11 is 1.39. The van der Waals surface area contributed by atoms with Crippen LogP contribution < -0.4 is 15.7 Å². The summed E-state index contributed by atoms with van der Waals surface area (Å²) < 4.78 is 8.01. The third-order valence-electron chi connectivity index (χ3n) is 5.48. The molecule has 1 amide bonds. The van der Waals surface area contributed by atoms with Gasteiger partial charge in [-0.25, -0.2) is 9.78 Å². The molecule has 0 aliphatic heterocycles. The van der Waals surface area contributed by atoms with Crippen LogP contribution in [0.5, 0.6) is 5.75 Å². The number of hydrogen-bond acceptors (Lipinski definition) is 5. The summed E-state index contributed by atoms with van der Waals surface area (Å²) in [7, 11) is 1.62. The van der Waals surface area contributed by atoms with Crippen LogP contribution in [0.25, 0.3) is 21.3 Å². The number of thiazole rings is 1. The molecule has 5 rings (SSSR count). The number of amides is 1. The molecule has 2 aromatic heterocycles. The monoisotopic (exact) mass is 408 g/mol. The lowest BCUT2D eigenvalue weighted by atomic mass is 10.1. The first-order valence-electron chi connectivity index (χ1n) is 9.62. The number of fused-ring (bicyclic) bond motifs is 2. The minimum Gasteiger partial charge on any atom is -0.497 e. The maximum Gasteiger partial charge on any atom is 0.326 e. The molecule has 8 heteroatoms. The number of benzene rings is 2. The van der Waals surface area contributed by atoms with E-state index in [1.54, 1.807) is 19.2 Å². The number of carbonyl (C=O) groups is 1. The van der Waals surface area contributed by atoms with E-state index in [0.717, 1.165) is 47.2 Å². The van der Waals surface area contributed by atoms with Gasteiger partial charge in [0.1, 0.15) is 5.75 Å². The number of imidazole rings is 1. The Morgan fingerprint density at radius 2 is 2.07 bits per heavy atom. The van der Waals surface area contributed by atoms with Gasteiger partial charge in [-0.1, -0.05) is 24.2 Å². The minimum atomic E-state index is -0.257. The molecule has 0 radical (unpaired) electrons. The van der Waals surface area contributed by atoms with Crippen molar-refractivity contribution in [1.29, 1.82) is 0 Å². The number of hydrogen-bond donors (Lipinski definition) is 2. The summed E-state index contributed by atoms with van der Waals surface area (Å²) in [6, 6.07) is 11.2. The van der Waals surface area contributed by atoms with Crippen LogP contribution in [0.2, 0.25) is 0 Å². The first-order valence-corrected chi connectivity index (χ1v) is 10.4. The average Bonchev–Trinajstić information content (AvgIpc) is 3.43. The Morgan fingerprint density at radius 1 is 1.24 bits per heavy atom. The molecule has 4 aromatic rings. The van der Waals surface area contributed by atoms with Crippen molar-refractivity contribution in [2.45, 2.75) is 31.7 Å². The molecule has 148 valence electrons. The zero-order valence-corrected chi connectivity index (χ0v) is 16.7. The number of carbonyl (C=O) groups excluding carboxylic acids is 1. The van der Waals surface area contributed by atoms with E-state index >= 15 is 0 Å². The highest BCUT2D eigenvalue weighted by Gasteiger charge is 2.21. The molecule has 1 aliphatic rings. The maximum absolute atomic E-state index is 12.7. The fraction of sp³-hybridized carbons (Fsp3) is 0.286. The van der Waals surface area contributed by atoms with Crippen LogP contribution in [0.4, 0.5) is 5.13 Å². The molecule has 2 N–H and O–H groups in total. The lowest BCUT2D eigenvalue weighted by Crippen LogP contribution is -2.20. The Labute approximate surface area is 170 Å². The summed E-state index contributed by atoms with van der Waals surface area (Å²) in [6.45, 7) is 0. The van der Waals surface area contributed by atoms with Crippen LogP contribution in [0.1, 0.15) is 42.1 Å². The molecular formula is C21H20N4O3S. The Kier molecular flexibility index (Phi) is 4.35. The Morgan fingerprint density at radius 3 is 2.86 bits per heavy atom. The molecule has 29 heavy (non-hydrogen) atoms. The number of ether oxygens (including phenoxy) is 1. The Balaban J connectivity index is 1.43. The summed E-state index contributed by atoms with van der Waals surface area (Å²) in [5.41, 5.74) is 2.72. The van der Waals surface area contributed by atoms with E-state index < -0.39 is 0 Å². The van der Waals surface area contributed by atoms with Crippen LogP contribution in [-0.4, -0.2) is 27.6 Å². The Hall–Kier alpha value is -3.13. The number of nitrogens with one attached hydrogen (secondary N) is 2. The van der Waals surface area contributed by atoms with Gasteiger partial charge >= 0.3 is 5.69 Å². The van der Waals surface area contributed by atoms with Gasteiger partial charge in [0.05, 0.1) is 28.4 Å². The van der Waals surface area contributed by atoms with Crippen LogP contribution in [0.15, 0.2) is 41.2 Å². The van der Waals surface area contributed by atoms with Gasteiger partial charge in [-0.15, -0.1) is 0 Å². The van der Waals surface area contributed by atoms with E-state index in [9.17, 15) is 9.59 Å². The molecule has 0 bridgehead atoms. The lowest BCUT2D eigenvalue weighted by Gasteiger charge is -2.11. The summed E-state index contributed by atoms with van der Waals surface area (Å²) in [4.78, 5) is 32.5. The van der Waals surface area contributed by atoms with Crippen LogP contribution in [0, 0.1) is 0 Å². The molecule has 7 nitrogen and oxygen atoms in total. The van der Waals surface area contributed by atoms with E-state index in [0.29, 0.717) is 16.2 Å². The number of aromatic amines is 1. The third-order valence-corrected chi connectivity index (χ3v) is 6.42. The van der Waals surface area contributed by atoms with Gasteiger partial charge in [0, 0.05) is 11.6 Å². The molecule has 2 heterocycles. The summed E-state index contributed by atoms with van der Waals surface area (Å²) in [5.74, 6) is 0.493. The quantitative estimate of drug-likeness (QED) is 0.526. The van der Waals surface area contributed by atoms with E-state index in [4.69, 9.17) is 4.74 Å². The average molecular weight is 408 g/mol. The van der Waals surface area contributed by atoms with Crippen molar-refractivity contribution >= 4 is 43.6 Å². The van der Waals surface area contributed by atoms with Crippen molar-refractivity contribution in [1.82, 2.24) is 14.5 Å². The molecule has 2 aromatic carbocycles. The normalized spacial score (nSPS) is 14.7. The fourth-order valence-electron chi connectivity index (χ4n) is 4.05. The van der Waals surface area contributed by atoms with Crippen molar-refractivity contribution in [3.8, 4) is 5.75 Å². The molecular weight excluding hydrogens is 388 g/mol. The summed E-state index contributed by atoms with van der Waals surface area (Å²) in [5, 5.41) is 3.38. The molecule has 0 saturated heterocycles. The van der Waals surface area contributed by atoms with Crippen molar-refractivity contribution in [2.75, 3.05) is 12.4 Å². The number of nitrogens with zero attached hydrogens (tertiary/aromatic N) is 2. The van der Waals surface area contributed by atoms with E-state index in [1.165, 1.54) is 11.3 Å². The van der Waals surface area contributed by atoms with E-state index in [2.05, 4.69) is 15.3 Å². The molecule has 0 spiro atoms. The molecule has 1 aliphatic carbocycles. The number of anilines is 1. The highest BCUT2D eigenvalue weighted by molar-refractivity contribution is 7.22. The van der Waals surface area contributed by atoms with Crippen molar-refractivity contribution in [2.24, 2.45) is 0 Å². The Bertz CT molecular complexity index is 1280. The largest absolute Gasteiger partial charge is 0.497 e. The molecule has 1 saturated carbocycles. The van der Waals surface area contributed by atoms with Gasteiger partial charge in [0.2, 0.25) is 0 Å². The van der Waals surface area contributed by atoms with Crippen LogP contribution >= 0.6 is 11.3 Å². The van der Waals surface area contributed by atoms with Crippen LogP contribution in [0.3, 0.4) is 0 Å². The lowest BCUT2D eigenvalue weighted by molar-refractivity contribution is 0.102. The topological polar surface area (TPSA) is 89.0 Å². The first-order chi connectivity index (χ1) is 14.1. The third kappa shape index (κ3) is 3.19. The number of aromatic nitrogens is 3. The van der Waals surface area contributed by atoms with E-state index in [1.807, 2.05) is 28.8 Å². The standard InChI is InChI=1S/C21H20N4O3S/c1-28-14-7-8-15-18(11-14)29-20(22-15)24-19(26)12-6-9-17-16(10-12)23-21(27)25(17)13-4-2-3-5-13/h6-11,13H,2-5H2,1H3,(H,23,27)(H,22,24,26). The second-order valence-corrected chi connectivity index (χ2v) is 8.31. The van der Waals surface area contributed by atoms with Gasteiger partial charge < -0.3 is 9.72 Å². The summed E-state index contributed by atoms with van der Waals surface area (Å²) in [6.07, 6.45) is 4.35. The second kappa shape index (κ2) is 7.04. The second-order valence-electron chi connectivity index (χ2n) is 7.28. The molecule has 0 unspecified atom stereocenters. The van der Waals surface area contributed by atoms with Crippen molar-refractivity contribution in [3.05, 3.63) is 52.4 Å². The predicted molar refractivity (Wildman–Crippen MR) is 114 cm³/mol. The van der Waals surface area contributed by atoms with Gasteiger partial charge in [-0.3, -0.25) is 14.7 Å². The predicted octanol–water partition coefficient (Wildman–Crippen LogP) is 4.32. The van der Waals surface area contributed by atoms with Gasteiger partial charge in [-0.05, 0) is 49.2 Å². The zero-order valence-electron chi connectivity index (χ0n) is 15.9. The smallest absolute Gasteiger partial charge is 0.326 e. The molecule has 0 atom stereocenters. The first kappa shape index (κ1) is 17.9. The number of H-pyrrole nitrogens is 1. The number of methoxy groups -OCH3 is 1. The highest BCUT2D eigenvalue weighted by atomic mass is 32.1. The fourth-order valence-corrected chi connectivity index (χ4v) is 4.94.